The number of nitrogens with zero attached hydrogens (tertiary/aromatic N) is 6. The van der Waals surface area contributed by atoms with Crippen LogP contribution < -0.4 is 20.6 Å². The number of carbonyl (C=O) groups excluding carboxylic acids is 2. The molecule has 0 unspecified atom stereocenters. The maximum atomic E-state index is 12.8. The minimum atomic E-state index is -0.612. The number of hydrogen-bond acceptors (Lipinski definition) is 12. The first-order chi connectivity index (χ1) is 16.0. The van der Waals surface area contributed by atoms with E-state index >= 15 is 0 Å². The van der Waals surface area contributed by atoms with E-state index in [-0.39, 0.29) is 23.1 Å². The van der Waals surface area contributed by atoms with E-state index in [1.807, 2.05) is 11.4 Å². The molecular formula is C19H16N8O5S. The molecule has 0 aliphatic carbocycles. The molecule has 168 valence electrons. The summed E-state index contributed by atoms with van der Waals surface area (Å²) in [6.45, 7) is 1.29. The van der Waals surface area contributed by atoms with Crippen LogP contribution >= 0.6 is 11.3 Å². The highest BCUT2D eigenvalue weighted by molar-refractivity contribution is 7.13. The Balaban J connectivity index is 1.57. The summed E-state index contributed by atoms with van der Waals surface area (Å²) in [7, 11) is 1.44. The third-order valence-electron chi connectivity index (χ3n) is 4.16. The Kier molecular flexibility index (Phi) is 6.08. The van der Waals surface area contributed by atoms with Crippen LogP contribution in [0, 0.1) is 0 Å². The molecule has 13 nitrogen and oxygen atoms in total. The van der Waals surface area contributed by atoms with Gasteiger partial charge in [-0.3, -0.25) is 9.59 Å². The SMILES string of the molecule is COc1cc(C=NNC(=O)c2nnn(-c3nonc3N)c2-c2cccs2)ccc1OC(C)=O. The van der Waals surface area contributed by atoms with Crippen molar-refractivity contribution in [1.82, 2.24) is 30.7 Å². The Hall–Kier alpha value is -4.59. The zero-order valence-electron chi connectivity index (χ0n) is 17.3. The largest absolute Gasteiger partial charge is 0.493 e. The molecule has 0 aliphatic rings. The van der Waals surface area contributed by atoms with Crippen molar-refractivity contribution in [2.75, 3.05) is 12.8 Å². The van der Waals surface area contributed by atoms with E-state index in [0.717, 1.165) is 0 Å². The van der Waals surface area contributed by atoms with Crippen molar-refractivity contribution in [2.24, 2.45) is 5.10 Å². The van der Waals surface area contributed by atoms with Gasteiger partial charge >= 0.3 is 5.97 Å². The van der Waals surface area contributed by atoms with Gasteiger partial charge in [-0.1, -0.05) is 11.3 Å². The molecule has 0 saturated carbocycles. The van der Waals surface area contributed by atoms with Gasteiger partial charge in [0.25, 0.3) is 5.91 Å². The zero-order chi connectivity index (χ0) is 23.4. The molecule has 3 N–H and O–H groups in total. The van der Waals surface area contributed by atoms with Crippen LogP contribution in [0.2, 0.25) is 0 Å². The molecule has 0 fully saturated rings. The molecule has 0 saturated heterocycles. The molecule has 0 radical (unpaired) electrons. The number of nitrogen functional groups attached to an aromatic ring is 1. The molecule has 3 heterocycles. The van der Waals surface area contributed by atoms with E-state index in [1.165, 1.54) is 36.3 Å². The number of hydrogen-bond donors (Lipinski definition) is 2. The zero-order valence-corrected chi connectivity index (χ0v) is 18.1. The second-order valence-electron chi connectivity index (χ2n) is 6.35. The van der Waals surface area contributed by atoms with Crippen LogP contribution in [-0.4, -0.2) is 50.5 Å². The number of thiophene rings is 1. The fourth-order valence-corrected chi connectivity index (χ4v) is 3.53. The van der Waals surface area contributed by atoms with Crippen LogP contribution in [0.5, 0.6) is 11.5 Å². The van der Waals surface area contributed by atoms with Crippen LogP contribution in [-0.2, 0) is 4.79 Å². The maximum Gasteiger partial charge on any atom is 0.308 e. The predicted molar refractivity (Wildman–Crippen MR) is 116 cm³/mol. The minimum Gasteiger partial charge on any atom is -0.493 e. The summed E-state index contributed by atoms with van der Waals surface area (Å²) in [5.74, 6) is -0.381. The van der Waals surface area contributed by atoms with Crippen LogP contribution in [0.3, 0.4) is 0 Å². The lowest BCUT2D eigenvalue weighted by molar-refractivity contribution is -0.132. The summed E-state index contributed by atoms with van der Waals surface area (Å²) < 4.78 is 16.2. The highest BCUT2D eigenvalue weighted by Crippen LogP contribution is 2.30. The summed E-state index contributed by atoms with van der Waals surface area (Å²) in [5, 5.41) is 21.0. The fourth-order valence-electron chi connectivity index (χ4n) is 2.78. The van der Waals surface area contributed by atoms with Crippen molar-refractivity contribution in [3.63, 3.8) is 0 Å². The average molecular weight is 468 g/mol. The quantitative estimate of drug-likeness (QED) is 0.176. The van der Waals surface area contributed by atoms with E-state index in [2.05, 4.69) is 35.8 Å². The van der Waals surface area contributed by atoms with Crippen molar-refractivity contribution >= 4 is 35.2 Å². The van der Waals surface area contributed by atoms with Gasteiger partial charge in [0, 0.05) is 6.92 Å². The summed E-state index contributed by atoms with van der Waals surface area (Å²) in [6, 6.07) is 8.40. The number of aromatic nitrogens is 5. The van der Waals surface area contributed by atoms with Crippen LogP contribution in [0.4, 0.5) is 5.82 Å². The first-order valence-corrected chi connectivity index (χ1v) is 10.1. The molecule has 1 amide bonds. The van der Waals surface area contributed by atoms with Gasteiger partial charge in [-0.05, 0) is 45.5 Å². The van der Waals surface area contributed by atoms with Gasteiger partial charge in [0.2, 0.25) is 11.6 Å². The lowest BCUT2D eigenvalue weighted by Gasteiger charge is -2.08. The van der Waals surface area contributed by atoms with E-state index in [1.54, 1.807) is 24.3 Å². The normalized spacial score (nSPS) is 11.0. The predicted octanol–water partition coefficient (Wildman–Crippen LogP) is 1.66. The monoisotopic (exact) mass is 468 g/mol. The molecule has 0 spiro atoms. The van der Waals surface area contributed by atoms with E-state index in [9.17, 15) is 9.59 Å². The first-order valence-electron chi connectivity index (χ1n) is 9.25. The Bertz CT molecular complexity index is 1330. The van der Waals surface area contributed by atoms with Gasteiger partial charge in [-0.15, -0.1) is 16.4 Å². The molecule has 0 bridgehead atoms. The fraction of sp³-hybridized carbons (Fsp3) is 0.105. The Morgan fingerprint density at radius 1 is 1.27 bits per heavy atom. The van der Waals surface area contributed by atoms with Crippen molar-refractivity contribution in [1.29, 1.82) is 0 Å². The van der Waals surface area contributed by atoms with Crippen LogP contribution in [0.1, 0.15) is 23.0 Å². The molecule has 0 aliphatic heterocycles. The second kappa shape index (κ2) is 9.27. The Labute approximate surface area is 189 Å². The average Bonchev–Trinajstić information content (AvgIpc) is 3.54. The summed E-state index contributed by atoms with van der Waals surface area (Å²) >= 11 is 1.37. The Morgan fingerprint density at radius 3 is 2.79 bits per heavy atom. The van der Waals surface area contributed by atoms with Crippen molar-refractivity contribution < 1.29 is 23.7 Å². The summed E-state index contributed by atoms with van der Waals surface area (Å²) in [4.78, 5) is 24.7. The standard InChI is InChI=1S/C19H16N8O5S/c1-10(28)31-12-6-5-11(8-13(12)30-2)9-21-23-19(29)15-16(14-4-3-7-33-14)27(26-22-15)18-17(20)24-32-25-18/h3-9H,1-2H3,(H2,20,24)(H,23,29). The molecule has 14 heteroatoms. The molecule has 4 aromatic rings. The van der Waals surface area contributed by atoms with E-state index in [0.29, 0.717) is 21.9 Å². The maximum absolute atomic E-state index is 12.8. The van der Waals surface area contributed by atoms with Crippen molar-refractivity contribution in [2.45, 2.75) is 6.92 Å². The topological polar surface area (TPSA) is 173 Å². The third kappa shape index (κ3) is 4.54. The van der Waals surface area contributed by atoms with Gasteiger partial charge in [0.1, 0.15) is 5.69 Å². The number of benzene rings is 1. The van der Waals surface area contributed by atoms with Gasteiger partial charge < -0.3 is 15.2 Å². The van der Waals surface area contributed by atoms with Crippen LogP contribution in [0.15, 0.2) is 45.4 Å². The molecule has 4 rings (SSSR count). The number of ether oxygens (including phenoxy) is 2. The second-order valence-corrected chi connectivity index (χ2v) is 7.30. The number of nitrogens with two attached hydrogens (primary N) is 1. The number of anilines is 1. The van der Waals surface area contributed by atoms with Gasteiger partial charge in [0.15, 0.2) is 17.2 Å². The number of amides is 1. The number of hydrazone groups is 1. The number of rotatable bonds is 7. The minimum absolute atomic E-state index is 0.000198. The molecular weight excluding hydrogens is 452 g/mol. The third-order valence-corrected chi connectivity index (χ3v) is 5.03. The number of methoxy groups -OCH3 is 1. The highest BCUT2D eigenvalue weighted by atomic mass is 32.1. The lowest BCUT2D eigenvalue weighted by Crippen LogP contribution is -2.19. The smallest absolute Gasteiger partial charge is 0.308 e. The molecule has 3 aromatic heterocycles. The number of esters is 1. The first kappa shape index (κ1) is 21.6. The Morgan fingerprint density at radius 2 is 2.12 bits per heavy atom. The molecule has 0 atom stereocenters. The molecule has 33 heavy (non-hydrogen) atoms. The van der Waals surface area contributed by atoms with Crippen LogP contribution in [0.25, 0.3) is 16.4 Å². The summed E-state index contributed by atoms with van der Waals surface area (Å²) in [6.07, 6.45) is 1.40. The summed E-state index contributed by atoms with van der Waals surface area (Å²) in [5.41, 5.74) is 9.12. The van der Waals surface area contributed by atoms with Gasteiger partial charge in [-0.2, -0.15) is 9.78 Å². The van der Waals surface area contributed by atoms with Crippen molar-refractivity contribution in [3.05, 3.63) is 47.0 Å². The van der Waals surface area contributed by atoms with Crippen molar-refractivity contribution in [3.8, 4) is 27.9 Å². The molecule has 1 aromatic carbocycles. The highest BCUT2D eigenvalue weighted by Gasteiger charge is 2.25. The lowest BCUT2D eigenvalue weighted by atomic mass is 10.2. The number of carbonyl (C=O) groups is 2. The van der Waals surface area contributed by atoms with Gasteiger partial charge in [0.05, 0.1) is 18.2 Å². The van der Waals surface area contributed by atoms with E-state index < -0.39 is 11.9 Å². The van der Waals surface area contributed by atoms with Gasteiger partial charge in [-0.25, -0.2) is 10.1 Å². The number of nitrogens with one attached hydrogen (secondary N) is 1. The van der Waals surface area contributed by atoms with E-state index in [4.69, 9.17) is 15.2 Å².